The van der Waals surface area contributed by atoms with E-state index < -0.39 is 66.1 Å². The van der Waals surface area contributed by atoms with Crippen LogP contribution in [-0.2, 0) is 19.1 Å². The molecule has 0 aliphatic carbocycles. The molecule has 3 aliphatic heterocycles. The number of aliphatic hydroxyl groups is 2. The van der Waals surface area contributed by atoms with Gasteiger partial charge in [0.05, 0.1) is 24.9 Å². The summed E-state index contributed by atoms with van der Waals surface area (Å²) in [5.41, 5.74) is 11.9. The second-order valence-electron chi connectivity index (χ2n) is 10.8. The number of anilines is 2. The number of aromatic nitrogens is 8. The summed E-state index contributed by atoms with van der Waals surface area (Å²) in [6.07, 6.45) is -2.19. The molecule has 0 spiro atoms. The lowest BCUT2D eigenvalue weighted by Gasteiger charge is -2.23. The Balaban J connectivity index is 1.16. The summed E-state index contributed by atoms with van der Waals surface area (Å²) in [5.74, 6) is -2.33. The molecule has 3 fully saturated rings. The van der Waals surface area contributed by atoms with Crippen LogP contribution in [-0.4, -0.2) is 98.6 Å². The highest BCUT2D eigenvalue weighted by atomic mass is 16.5. The number of imidazole rings is 2. The Morgan fingerprint density at radius 3 is 2.21 bits per heavy atom. The Labute approximate surface area is 240 Å². The van der Waals surface area contributed by atoms with Gasteiger partial charge in [0.2, 0.25) is 17.8 Å². The van der Waals surface area contributed by atoms with Gasteiger partial charge in [0.15, 0.2) is 28.9 Å². The van der Waals surface area contributed by atoms with E-state index in [1.165, 1.54) is 28.1 Å². The number of nitrogens with one attached hydrogen (secondary N) is 3. The number of hydrogen-bond acceptors (Lipinski definition) is 14. The number of aromatic amines is 1. The normalized spacial score (nSPS) is 31.7. The predicted octanol–water partition coefficient (Wildman–Crippen LogP) is -3.10. The van der Waals surface area contributed by atoms with Crippen molar-refractivity contribution in [1.29, 1.82) is 0 Å². The molecule has 3 aliphatic rings. The van der Waals surface area contributed by atoms with Gasteiger partial charge in [0, 0.05) is 37.8 Å². The summed E-state index contributed by atoms with van der Waals surface area (Å²) < 4.78 is 15.2. The summed E-state index contributed by atoms with van der Waals surface area (Å²) in [7, 11) is 0. The number of nitrogens with two attached hydrogens (primary N) is 2. The quantitative estimate of drug-likeness (QED) is 0.121. The van der Waals surface area contributed by atoms with Gasteiger partial charge in [-0.25, -0.2) is 19.9 Å². The number of rotatable bonds is 2. The molecule has 8 atom stereocenters. The summed E-state index contributed by atoms with van der Waals surface area (Å²) in [5, 5.41) is 28.0. The zero-order valence-electron chi connectivity index (χ0n) is 22.4. The number of amides is 2. The Hall–Kier alpha value is -4.72. The topological polar surface area (TPSA) is 276 Å². The number of fused-ring (bicyclic) bond motifs is 5. The highest BCUT2D eigenvalue weighted by molar-refractivity contribution is 5.81. The lowest BCUT2D eigenvalue weighted by Crippen LogP contribution is -2.41. The molecule has 0 aromatic carbocycles. The van der Waals surface area contributed by atoms with E-state index in [-0.39, 0.29) is 48.9 Å². The van der Waals surface area contributed by atoms with E-state index in [0.717, 1.165) is 0 Å². The molecule has 2 amide bonds. The molecule has 226 valence electrons. The van der Waals surface area contributed by atoms with Gasteiger partial charge >= 0.3 is 0 Å². The lowest BCUT2D eigenvalue weighted by atomic mass is 9.93. The van der Waals surface area contributed by atoms with Crippen LogP contribution in [0.5, 0.6) is 0 Å². The molecule has 43 heavy (non-hydrogen) atoms. The van der Waals surface area contributed by atoms with Crippen LogP contribution in [0.1, 0.15) is 25.3 Å². The number of carbonyl (C=O) groups excluding carboxylic acids is 2. The summed E-state index contributed by atoms with van der Waals surface area (Å²) in [6.45, 7) is -0.120. The van der Waals surface area contributed by atoms with Crippen molar-refractivity contribution in [3.63, 3.8) is 0 Å². The van der Waals surface area contributed by atoms with Crippen LogP contribution in [0.15, 0.2) is 23.8 Å². The second-order valence-corrected chi connectivity index (χ2v) is 10.8. The SMILES string of the molecule is Nc1nc2c(ncn2[C@@H]2O[C@@H]3CNC(=O)CC4C(O)[C@H](n5cnc6c(N)ncnc65)O[C@@H]4CNC(=O)CC2C3O)c(=O)[nH]1. The molecule has 4 unspecified atom stereocenters. The van der Waals surface area contributed by atoms with Crippen molar-refractivity contribution in [2.75, 3.05) is 24.6 Å². The molecular weight excluding hydrogens is 568 g/mol. The summed E-state index contributed by atoms with van der Waals surface area (Å²) in [6, 6.07) is 0. The van der Waals surface area contributed by atoms with Crippen LogP contribution in [0.25, 0.3) is 22.3 Å². The van der Waals surface area contributed by atoms with E-state index in [2.05, 4.69) is 40.5 Å². The fraction of sp³-hybridized carbons (Fsp3) is 0.500. The first-order valence-electron chi connectivity index (χ1n) is 13.6. The van der Waals surface area contributed by atoms with Crippen molar-refractivity contribution in [3.05, 3.63) is 29.3 Å². The molecule has 3 saturated heterocycles. The number of hydrogen-bond donors (Lipinski definition) is 7. The fourth-order valence-corrected chi connectivity index (χ4v) is 6.13. The third-order valence-electron chi connectivity index (χ3n) is 8.25. The monoisotopic (exact) mass is 596 g/mol. The fourth-order valence-electron chi connectivity index (χ4n) is 6.13. The maximum atomic E-state index is 13.2. The predicted molar refractivity (Wildman–Crippen MR) is 144 cm³/mol. The van der Waals surface area contributed by atoms with Crippen LogP contribution in [0, 0.1) is 11.8 Å². The average molecular weight is 597 g/mol. The van der Waals surface area contributed by atoms with Crippen molar-refractivity contribution >= 4 is 45.9 Å². The van der Waals surface area contributed by atoms with Crippen molar-refractivity contribution in [3.8, 4) is 0 Å². The van der Waals surface area contributed by atoms with Gasteiger partial charge in [0.1, 0.15) is 30.3 Å². The third kappa shape index (κ3) is 4.52. The Morgan fingerprint density at radius 2 is 1.44 bits per heavy atom. The van der Waals surface area contributed by atoms with Crippen LogP contribution in [0.4, 0.5) is 11.8 Å². The molecular formula is C24H28N12O7. The number of nitrogens with zero attached hydrogens (tertiary/aromatic N) is 7. The minimum atomic E-state index is -1.16. The molecule has 19 heteroatoms. The standard InChI is InChI=1S/C24H28N12O7/c25-18-14-19(30-5-29-18)35(6-31-14)23-17(40)8-1-12(37)28-4-11-16(39)9(2-13(38)27-3-10(8)42-23)22(43-11)36-7-32-15-20(36)33-24(26)34-21(15)41/h5-11,16-17,22-23,39-40H,1-4H2,(H,27,38)(H,28,37)(H2,25,29,30)(H3,26,33,34,41)/t8?,9?,10-,11-,16?,17?,22-,23-/m1/s1. The Bertz CT molecular complexity index is 1790. The summed E-state index contributed by atoms with van der Waals surface area (Å²) in [4.78, 5) is 61.6. The van der Waals surface area contributed by atoms with Gasteiger partial charge in [-0.2, -0.15) is 4.98 Å². The van der Waals surface area contributed by atoms with E-state index in [0.29, 0.717) is 11.2 Å². The maximum Gasteiger partial charge on any atom is 0.280 e. The number of nitrogen functional groups attached to an aromatic ring is 2. The largest absolute Gasteiger partial charge is 0.390 e. The summed E-state index contributed by atoms with van der Waals surface area (Å²) >= 11 is 0. The molecule has 9 N–H and O–H groups in total. The van der Waals surface area contributed by atoms with Crippen molar-refractivity contribution in [2.24, 2.45) is 11.8 Å². The van der Waals surface area contributed by atoms with Gasteiger partial charge in [-0.15, -0.1) is 0 Å². The third-order valence-corrected chi connectivity index (χ3v) is 8.25. The minimum absolute atomic E-state index is 0.0130. The second kappa shape index (κ2) is 10.2. The number of H-pyrrole nitrogens is 1. The van der Waals surface area contributed by atoms with Crippen LogP contribution < -0.4 is 27.7 Å². The van der Waals surface area contributed by atoms with Gasteiger partial charge in [-0.3, -0.25) is 28.5 Å². The van der Waals surface area contributed by atoms with Crippen molar-refractivity contribution in [2.45, 2.75) is 49.7 Å². The zero-order chi connectivity index (χ0) is 30.0. The van der Waals surface area contributed by atoms with E-state index in [9.17, 15) is 24.6 Å². The first-order valence-corrected chi connectivity index (χ1v) is 13.6. The molecule has 4 aromatic heterocycles. The average Bonchev–Trinajstić information content (AvgIpc) is 3.72. The molecule has 19 nitrogen and oxygen atoms in total. The molecule has 0 radical (unpaired) electrons. The van der Waals surface area contributed by atoms with Crippen molar-refractivity contribution < 1.29 is 29.3 Å². The highest BCUT2D eigenvalue weighted by Gasteiger charge is 2.49. The molecule has 7 heterocycles. The van der Waals surface area contributed by atoms with Gasteiger partial charge < -0.3 is 41.8 Å². The van der Waals surface area contributed by atoms with E-state index >= 15 is 0 Å². The van der Waals surface area contributed by atoms with Crippen LogP contribution in [0.3, 0.4) is 0 Å². The Kier molecular flexibility index (Phi) is 6.45. The number of carbonyl (C=O) groups is 2. The van der Waals surface area contributed by atoms with Gasteiger partial charge in [-0.05, 0) is 0 Å². The first-order chi connectivity index (χ1) is 20.7. The van der Waals surface area contributed by atoms with Crippen LogP contribution in [0.2, 0.25) is 0 Å². The number of ether oxygens (including phenoxy) is 2. The van der Waals surface area contributed by atoms with Crippen molar-refractivity contribution in [1.82, 2.24) is 49.7 Å². The number of aliphatic hydroxyl groups excluding tert-OH is 2. The molecule has 0 saturated carbocycles. The highest BCUT2D eigenvalue weighted by Crippen LogP contribution is 2.40. The maximum absolute atomic E-state index is 13.2. The molecule has 2 bridgehead atoms. The van der Waals surface area contributed by atoms with Gasteiger partial charge in [-0.1, -0.05) is 0 Å². The molecule has 4 aromatic rings. The first kappa shape index (κ1) is 27.1. The van der Waals surface area contributed by atoms with E-state index in [1.54, 1.807) is 0 Å². The van der Waals surface area contributed by atoms with Crippen LogP contribution >= 0.6 is 0 Å². The Morgan fingerprint density at radius 1 is 0.791 bits per heavy atom. The van der Waals surface area contributed by atoms with Gasteiger partial charge in [0.25, 0.3) is 5.56 Å². The van der Waals surface area contributed by atoms with E-state index in [1.807, 2.05) is 0 Å². The zero-order valence-corrected chi connectivity index (χ0v) is 22.4. The molecule has 7 rings (SSSR count). The minimum Gasteiger partial charge on any atom is -0.390 e. The van der Waals surface area contributed by atoms with E-state index in [4.69, 9.17) is 20.9 Å². The smallest absolute Gasteiger partial charge is 0.280 e. The lowest BCUT2D eigenvalue weighted by molar-refractivity contribution is -0.125.